The molecule has 4 rings (SSSR count). The van der Waals surface area contributed by atoms with Gasteiger partial charge in [0.2, 0.25) is 10.9 Å². The van der Waals surface area contributed by atoms with E-state index in [2.05, 4.69) is 10.1 Å². The van der Waals surface area contributed by atoms with Gasteiger partial charge in [0.25, 0.3) is 0 Å². The molecular weight excluding hydrogens is 345 g/mol. The SMILES string of the molecule is O=C1C=C(C2CC2)CN1Cc1c(C(F)(F)F)nc2sc(CO)nn12. The van der Waals surface area contributed by atoms with Crippen LogP contribution >= 0.6 is 11.3 Å². The van der Waals surface area contributed by atoms with Gasteiger partial charge >= 0.3 is 6.18 Å². The molecule has 0 atom stereocenters. The Kier molecular flexibility index (Phi) is 3.43. The summed E-state index contributed by atoms with van der Waals surface area (Å²) >= 11 is 0.897. The molecule has 2 aromatic heterocycles. The molecule has 1 fully saturated rings. The fraction of sp³-hybridized carbons (Fsp3) is 0.500. The highest BCUT2D eigenvalue weighted by Gasteiger charge is 2.40. The molecule has 10 heteroatoms. The van der Waals surface area contributed by atoms with Crippen LogP contribution in [0.2, 0.25) is 0 Å². The number of fused-ring (bicyclic) bond motifs is 1. The van der Waals surface area contributed by atoms with Crippen molar-refractivity contribution in [1.29, 1.82) is 0 Å². The van der Waals surface area contributed by atoms with E-state index in [0.29, 0.717) is 12.5 Å². The Morgan fingerprint density at radius 3 is 2.75 bits per heavy atom. The van der Waals surface area contributed by atoms with Gasteiger partial charge < -0.3 is 10.0 Å². The summed E-state index contributed by atoms with van der Waals surface area (Å²) in [5, 5.41) is 13.4. The maximum atomic E-state index is 13.3. The van der Waals surface area contributed by atoms with Crippen molar-refractivity contribution in [1.82, 2.24) is 19.5 Å². The van der Waals surface area contributed by atoms with Crippen LogP contribution in [0.1, 0.15) is 29.2 Å². The normalized spacial score (nSPS) is 18.8. The van der Waals surface area contributed by atoms with Gasteiger partial charge in [-0.15, -0.1) is 0 Å². The number of carbonyl (C=O) groups is 1. The number of aliphatic hydroxyl groups is 1. The number of halogens is 3. The third kappa shape index (κ3) is 2.59. The highest BCUT2D eigenvalue weighted by molar-refractivity contribution is 7.16. The Hall–Kier alpha value is -1.94. The molecule has 0 bridgehead atoms. The number of imidazole rings is 1. The summed E-state index contributed by atoms with van der Waals surface area (Å²) in [5.41, 5.74) is -0.214. The van der Waals surface area contributed by atoms with Crippen molar-refractivity contribution in [2.24, 2.45) is 5.92 Å². The van der Waals surface area contributed by atoms with E-state index < -0.39 is 11.9 Å². The second-order valence-electron chi connectivity index (χ2n) is 5.94. The van der Waals surface area contributed by atoms with Crippen molar-refractivity contribution in [2.75, 3.05) is 6.54 Å². The van der Waals surface area contributed by atoms with Crippen LogP contribution in [0.5, 0.6) is 0 Å². The predicted molar refractivity (Wildman–Crippen MR) is 78.0 cm³/mol. The summed E-state index contributed by atoms with van der Waals surface area (Å²) in [4.78, 5) is 17.1. The van der Waals surface area contributed by atoms with Gasteiger partial charge in [-0.05, 0) is 24.3 Å². The molecule has 0 aromatic carbocycles. The zero-order chi connectivity index (χ0) is 17.1. The van der Waals surface area contributed by atoms with Gasteiger partial charge in [-0.2, -0.15) is 18.3 Å². The van der Waals surface area contributed by atoms with Crippen molar-refractivity contribution >= 4 is 22.2 Å². The van der Waals surface area contributed by atoms with E-state index in [-0.39, 0.29) is 34.7 Å². The van der Waals surface area contributed by atoms with Crippen molar-refractivity contribution in [2.45, 2.75) is 32.2 Å². The predicted octanol–water partition coefficient (Wildman–Crippen LogP) is 1.98. The smallest absolute Gasteiger partial charge is 0.389 e. The van der Waals surface area contributed by atoms with Gasteiger partial charge in [0.1, 0.15) is 5.01 Å². The van der Waals surface area contributed by atoms with Gasteiger partial charge in [-0.1, -0.05) is 11.3 Å². The molecule has 0 unspecified atom stereocenters. The second kappa shape index (κ2) is 5.28. The first-order valence-electron chi connectivity index (χ1n) is 7.41. The third-order valence-electron chi connectivity index (χ3n) is 4.18. The van der Waals surface area contributed by atoms with Crippen molar-refractivity contribution in [3.05, 3.63) is 28.0 Å². The molecule has 2 aromatic rings. The minimum atomic E-state index is -4.63. The summed E-state index contributed by atoms with van der Waals surface area (Å²) in [6.45, 7) is -0.230. The van der Waals surface area contributed by atoms with Crippen LogP contribution < -0.4 is 0 Å². The second-order valence-corrected chi connectivity index (χ2v) is 6.98. The van der Waals surface area contributed by atoms with E-state index in [0.717, 1.165) is 34.3 Å². The van der Waals surface area contributed by atoms with Crippen LogP contribution in [0.3, 0.4) is 0 Å². The van der Waals surface area contributed by atoms with Crippen molar-refractivity contribution in [3.63, 3.8) is 0 Å². The Labute approximate surface area is 138 Å². The number of aromatic nitrogens is 3. The molecule has 128 valence electrons. The molecule has 1 aliphatic carbocycles. The first kappa shape index (κ1) is 15.6. The van der Waals surface area contributed by atoms with Crippen LogP contribution in [-0.2, 0) is 24.1 Å². The minimum Gasteiger partial charge on any atom is -0.389 e. The fourth-order valence-corrected chi connectivity index (χ4v) is 3.64. The highest BCUT2D eigenvalue weighted by Crippen LogP contribution is 2.39. The number of hydrogen-bond donors (Lipinski definition) is 1. The molecule has 3 heterocycles. The lowest BCUT2D eigenvalue weighted by molar-refractivity contribution is -0.142. The van der Waals surface area contributed by atoms with Gasteiger partial charge in [0.15, 0.2) is 5.69 Å². The standard InChI is InChI=1S/C14H13F3N4O2S/c15-14(16,17)12-9(21-13(18-12)24-10(6-22)19-21)5-20-4-8(3-11(20)23)7-1-2-7/h3,7,22H,1-2,4-6H2. The molecule has 1 amide bonds. The molecule has 1 saturated carbocycles. The van der Waals surface area contributed by atoms with Crippen LogP contribution in [-0.4, -0.2) is 37.1 Å². The van der Waals surface area contributed by atoms with Crippen molar-refractivity contribution in [3.8, 4) is 0 Å². The number of aliphatic hydroxyl groups excluding tert-OH is 1. The summed E-state index contributed by atoms with van der Waals surface area (Å²) in [7, 11) is 0. The zero-order valence-corrected chi connectivity index (χ0v) is 13.2. The maximum absolute atomic E-state index is 13.3. The molecule has 0 saturated heterocycles. The fourth-order valence-electron chi connectivity index (χ4n) is 2.87. The van der Waals surface area contributed by atoms with Crippen LogP contribution in [0, 0.1) is 5.92 Å². The summed E-state index contributed by atoms with van der Waals surface area (Å²) in [6.07, 6.45) is -1.03. The Morgan fingerprint density at radius 1 is 1.38 bits per heavy atom. The van der Waals surface area contributed by atoms with Gasteiger partial charge in [0.05, 0.1) is 18.8 Å². The topological polar surface area (TPSA) is 70.7 Å². The van der Waals surface area contributed by atoms with Gasteiger partial charge in [-0.25, -0.2) is 9.50 Å². The maximum Gasteiger partial charge on any atom is 0.435 e. The minimum absolute atomic E-state index is 0.0587. The third-order valence-corrected chi connectivity index (χ3v) is 5.07. The summed E-state index contributed by atoms with van der Waals surface area (Å²) < 4.78 is 40.9. The summed E-state index contributed by atoms with van der Waals surface area (Å²) in [6, 6.07) is 0. The lowest BCUT2D eigenvalue weighted by atomic mass is 10.2. The largest absolute Gasteiger partial charge is 0.435 e. The lowest BCUT2D eigenvalue weighted by Gasteiger charge is -2.17. The van der Waals surface area contributed by atoms with Crippen LogP contribution in [0.15, 0.2) is 11.6 Å². The number of alkyl halides is 3. The molecule has 24 heavy (non-hydrogen) atoms. The van der Waals surface area contributed by atoms with E-state index >= 15 is 0 Å². The number of nitrogens with zero attached hydrogens (tertiary/aromatic N) is 4. The number of carbonyl (C=O) groups excluding carboxylic acids is 1. The summed E-state index contributed by atoms with van der Waals surface area (Å²) in [5.74, 6) is 0.115. The van der Waals surface area contributed by atoms with Crippen molar-refractivity contribution < 1.29 is 23.1 Å². The molecule has 2 aliphatic rings. The number of hydrogen-bond acceptors (Lipinski definition) is 5. The van der Waals surface area contributed by atoms with E-state index in [9.17, 15) is 18.0 Å². The Morgan fingerprint density at radius 2 is 2.12 bits per heavy atom. The highest BCUT2D eigenvalue weighted by atomic mass is 32.1. The molecular formula is C14H13F3N4O2S. The number of amides is 1. The average Bonchev–Trinajstić information content (AvgIpc) is 3.05. The van der Waals surface area contributed by atoms with E-state index in [1.54, 1.807) is 0 Å². The Bertz CT molecular complexity index is 850. The Balaban J connectivity index is 1.69. The first-order chi connectivity index (χ1) is 11.4. The first-order valence-corrected chi connectivity index (χ1v) is 8.23. The van der Waals surface area contributed by atoms with Gasteiger partial charge in [-0.3, -0.25) is 4.79 Å². The quantitative estimate of drug-likeness (QED) is 0.907. The van der Waals surface area contributed by atoms with Gasteiger partial charge in [0, 0.05) is 12.6 Å². The molecule has 0 radical (unpaired) electrons. The monoisotopic (exact) mass is 358 g/mol. The molecule has 1 aliphatic heterocycles. The lowest BCUT2D eigenvalue weighted by Crippen LogP contribution is -2.28. The molecule has 6 nitrogen and oxygen atoms in total. The van der Waals surface area contributed by atoms with Crippen LogP contribution in [0.4, 0.5) is 13.2 Å². The average molecular weight is 358 g/mol. The van der Waals surface area contributed by atoms with E-state index in [4.69, 9.17) is 5.11 Å². The van der Waals surface area contributed by atoms with E-state index in [1.807, 2.05) is 0 Å². The zero-order valence-electron chi connectivity index (χ0n) is 12.4. The molecule has 1 N–H and O–H groups in total. The van der Waals surface area contributed by atoms with Crippen LogP contribution in [0.25, 0.3) is 4.96 Å². The van der Waals surface area contributed by atoms with E-state index in [1.165, 1.54) is 11.0 Å². The number of rotatable bonds is 4. The molecule has 0 spiro atoms.